The van der Waals surface area contributed by atoms with Gasteiger partial charge < -0.3 is 10.6 Å². The fourth-order valence-electron chi connectivity index (χ4n) is 3.25. The van der Waals surface area contributed by atoms with E-state index in [2.05, 4.69) is 20.6 Å². The summed E-state index contributed by atoms with van der Waals surface area (Å²) in [6.07, 6.45) is 7.82. The summed E-state index contributed by atoms with van der Waals surface area (Å²) in [5.41, 5.74) is 1.08. The van der Waals surface area contributed by atoms with Crippen molar-refractivity contribution in [3.8, 4) is 0 Å². The van der Waals surface area contributed by atoms with Crippen molar-refractivity contribution in [1.82, 2.24) is 10.6 Å². The molecule has 0 aromatic carbocycles. The third kappa shape index (κ3) is 4.20. The number of fused-ring (bicyclic) bond motifs is 1. The Kier molecular flexibility index (Phi) is 5.03. The van der Waals surface area contributed by atoms with Crippen LogP contribution >= 0.6 is 11.8 Å². The number of hydrogen-bond donors (Lipinski definition) is 2. The third-order valence-corrected chi connectivity index (χ3v) is 6.30. The molecule has 1 amide bonds. The van der Waals surface area contributed by atoms with E-state index >= 15 is 0 Å². The van der Waals surface area contributed by atoms with Crippen molar-refractivity contribution in [3.63, 3.8) is 0 Å². The van der Waals surface area contributed by atoms with Gasteiger partial charge in [0.2, 0.25) is 5.91 Å². The smallest absolute Gasteiger partial charge is 0.241 e. The van der Waals surface area contributed by atoms with Crippen LogP contribution in [0.25, 0.3) is 0 Å². The molecule has 1 atom stereocenters. The first-order valence-corrected chi connectivity index (χ1v) is 10.1. The summed E-state index contributed by atoms with van der Waals surface area (Å²) in [5.74, 6) is 0.242. The summed E-state index contributed by atoms with van der Waals surface area (Å²) in [4.78, 5) is 21.3. The lowest BCUT2D eigenvalue weighted by molar-refractivity contribution is -0.122. The molecule has 1 saturated carbocycles. The second kappa shape index (κ2) is 7.41. The molecule has 0 radical (unpaired) electrons. The van der Waals surface area contributed by atoms with Gasteiger partial charge in [0.05, 0.1) is 17.2 Å². The van der Waals surface area contributed by atoms with Crippen LogP contribution in [0.2, 0.25) is 0 Å². The number of thioether (sulfide) groups is 1. The highest BCUT2D eigenvalue weighted by Crippen LogP contribution is 2.32. The number of piperidine rings is 1. The fraction of sp³-hybridized carbons (Fsp3) is 0.611. The van der Waals surface area contributed by atoms with Crippen LogP contribution in [0.4, 0.5) is 4.39 Å². The van der Waals surface area contributed by atoms with Crippen LogP contribution in [-0.4, -0.2) is 48.1 Å². The molecular weight excluding hydrogens is 339 g/mol. The van der Waals surface area contributed by atoms with Gasteiger partial charge in [0.1, 0.15) is 17.6 Å². The quantitative estimate of drug-likeness (QED) is 0.788. The molecule has 2 heterocycles. The number of carbonyl (C=O) groups is 1. The normalized spacial score (nSPS) is 28.8. The molecule has 0 aromatic rings. The maximum Gasteiger partial charge on any atom is 0.241 e. The van der Waals surface area contributed by atoms with E-state index in [0.29, 0.717) is 34.2 Å². The highest BCUT2D eigenvalue weighted by molar-refractivity contribution is 8.00. The molecule has 0 aromatic heterocycles. The number of allylic oxidation sites excluding steroid dienone is 2. The molecule has 1 saturated heterocycles. The zero-order valence-corrected chi connectivity index (χ0v) is 14.9. The van der Waals surface area contributed by atoms with Crippen LogP contribution in [0.1, 0.15) is 25.7 Å². The number of nitrogens with one attached hydrogen (secondary N) is 2. The monoisotopic (exact) mass is 362 g/mol. The number of hydrogen-bond acceptors (Lipinski definition) is 5. The summed E-state index contributed by atoms with van der Waals surface area (Å²) in [6.45, 7) is 2.82. The Hall–Kier alpha value is -1.47. The molecule has 2 aliphatic heterocycles. The maximum absolute atomic E-state index is 14.4. The van der Waals surface area contributed by atoms with Gasteiger partial charge >= 0.3 is 0 Å². The molecule has 2 N–H and O–H groups in total. The van der Waals surface area contributed by atoms with Crippen molar-refractivity contribution in [3.05, 3.63) is 23.7 Å². The zero-order valence-electron chi connectivity index (χ0n) is 14.1. The van der Waals surface area contributed by atoms with Crippen molar-refractivity contribution in [2.75, 3.05) is 25.4 Å². The molecule has 0 bridgehead atoms. The van der Waals surface area contributed by atoms with Crippen LogP contribution in [0.5, 0.6) is 0 Å². The Morgan fingerprint density at radius 3 is 2.80 bits per heavy atom. The fourth-order valence-corrected chi connectivity index (χ4v) is 4.35. The number of rotatable bonds is 5. The highest BCUT2D eigenvalue weighted by atomic mass is 32.2. The predicted molar refractivity (Wildman–Crippen MR) is 99.7 cm³/mol. The van der Waals surface area contributed by atoms with Gasteiger partial charge in [0, 0.05) is 11.8 Å². The van der Waals surface area contributed by atoms with Gasteiger partial charge in [0.15, 0.2) is 0 Å². The minimum Gasteiger partial charge on any atom is -0.317 e. The molecule has 134 valence electrons. The average molecular weight is 362 g/mol. The molecule has 5 nitrogen and oxygen atoms in total. The number of amidine groups is 1. The minimum atomic E-state index is -0.910. The molecule has 2 fully saturated rings. The van der Waals surface area contributed by atoms with Gasteiger partial charge in [-0.3, -0.25) is 9.79 Å². The Morgan fingerprint density at radius 2 is 2.04 bits per heavy atom. The average Bonchev–Trinajstić information content (AvgIpc) is 3.43. The molecular formula is C18H23FN4OS. The first kappa shape index (κ1) is 17.0. The summed E-state index contributed by atoms with van der Waals surface area (Å²) in [7, 11) is 0. The van der Waals surface area contributed by atoms with Crippen molar-refractivity contribution >= 4 is 29.2 Å². The first-order chi connectivity index (χ1) is 12.2. The Morgan fingerprint density at radius 1 is 1.24 bits per heavy atom. The van der Waals surface area contributed by atoms with E-state index < -0.39 is 11.7 Å². The van der Waals surface area contributed by atoms with Crippen molar-refractivity contribution in [2.24, 2.45) is 21.8 Å². The molecule has 0 spiro atoms. The molecule has 7 heteroatoms. The first-order valence-electron chi connectivity index (χ1n) is 9.03. The van der Waals surface area contributed by atoms with Crippen LogP contribution < -0.4 is 10.6 Å². The molecule has 2 aliphatic carbocycles. The third-order valence-electron chi connectivity index (χ3n) is 4.92. The van der Waals surface area contributed by atoms with E-state index in [-0.39, 0.29) is 5.91 Å². The number of aliphatic imine (C=N–C) groups is 2. The van der Waals surface area contributed by atoms with E-state index in [9.17, 15) is 9.18 Å². The lowest BCUT2D eigenvalue weighted by Crippen LogP contribution is -2.43. The van der Waals surface area contributed by atoms with Gasteiger partial charge in [-0.1, -0.05) is 0 Å². The number of halogens is 1. The van der Waals surface area contributed by atoms with Crippen molar-refractivity contribution in [1.29, 1.82) is 0 Å². The van der Waals surface area contributed by atoms with Crippen LogP contribution in [0.15, 0.2) is 33.7 Å². The maximum atomic E-state index is 14.4. The summed E-state index contributed by atoms with van der Waals surface area (Å²) in [6, 6.07) is 0. The molecule has 1 unspecified atom stereocenters. The van der Waals surface area contributed by atoms with Gasteiger partial charge in [-0.25, -0.2) is 9.38 Å². The van der Waals surface area contributed by atoms with E-state index in [4.69, 9.17) is 0 Å². The summed E-state index contributed by atoms with van der Waals surface area (Å²) in [5, 5.41) is 6.71. The Balaban J connectivity index is 1.46. The van der Waals surface area contributed by atoms with Crippen LogP contribution in [-0.2, 0) is 4.79 Å². The number of amides is 1. The second-order valence-corrected chi connectivity index (χ2v) is 8.34. The van der Waals surface area contributed by atoms with E-state index in [1.807, 2.05) is 11.8 Å². The zero-order chi connectivity index (χ0) is 17.2. The summed E-state index contributed by atoms with van der Waals surface area (Å²) >= 11 is 1.82. The van der Waals surface area contributed by atoms with E-state index in [0.717, 1.165) is 32.5 Å². The molecule has 25 heavy (non-hydrogen) atoms. The standard InChI is InChI=1S/C18H23FN4OS/c19-14-7-12(21-9-11-1-2-11)8-15-17(14)18(24)23-16(22-15)10-25-13-3-5-20-6-4-13/h7-8,11,13,17,20H,1-6,9-10H2,(H,22,23,24). The van der Waals surface area contributed by atoms with Crippen molar-refractivity contribution in [2.45, 2.75) is 30.9 Å². The van der Waals surface area contributed by atoms with Gasteiger partial charge in [-0.05, 0) is 56.8 Å². The SMILES string of the molecule is O=C1NC(CSC2CCNCC2)=NC2=CC(=NCC3CC3)C=C(F)C12. The minimum absolute atomic E-state index is 0.322. The number of carbonyl (C=O) groups excluding carboxylic acids is 1. The molecule has 4 aliphatic rings. The van der Waals surface area contributed by atoms with E-state index in [1.165, 1.54) is 18.9 Å². The van der Waals surface area contributed by atoms with Gasteiger partial charge in [-0.15, -0.1) is 0 Å². The van der Waals surface area contributed by atoms with Crippen LogP contribution in [0.3, 0.4) is 0 Å². The predicted octanol–water partition coefficient (Wildman–Crippen LogP) is 2.22. The lowest BCUT2D eigenvalue weighted by atomic mass is 9.94. The lowest BCUT2D eigenvalue weighted by Gasteiger charge is -2.27. The molecule has 4 rings (SSSR count). The summed E-state index contributed by atoms with van der Waals surface area (Å²) < 4.78 is 14.4. The van der Waals surface area contributed by atoms with Gasteiger partial charge in [-0.2, -0.15) is 11.8 Å². The van der Waals surface area contributed by atoms with Crippen molar-refractivity contribution < 1.29 is 9.18 Å². The Bertz CT molecular complexity index is 675. The highest BCUT2D eigenvalue weighted by Gasteiger charge is 2.35. The number of nitrogens with zero attached hydrogens (tertiary/aromatic N) is 2. The Labute approximate surface area is 151 Å². The van der Waals surface area contributed by atoms with Crippen LogP contribution in [0, 0.1) is 11.8 Å². The topological polar surface area (TPSA) is 65.8 Å². The largest absolute Gasteiger partial charge is 0.317 e. The van der Waals surface area contributed by atoms with E-state index in [1.54, 1.807) is 6.08 Å². The second-order valence-electron chi connectivity index (χ2n) is 7.05. The van der Waals surface area contributed by atoms with Gasteiger partial charge in [0.25, 0.3) is 0 Å².